The number of alkyl halides is 3. The lowest BCUT2D eigenvalue weighted by molar-refractivity contribution is -0.143. The van der Waals surface area contributed by atoms with Gasteiger partial charge >= 0.3 is 12.1 Å². The first-order chi connectivity index (χ1) is 16.0. The molecular formula is C21H20F3N3O6S. The maximum absolute atomic E-state index is 13.8. The minimum absolute atomic E-state index is 0.0337. The van der Waals surface area contributed by atoms with E-state index < -0.39 is 33.4 Å². The zero-order chi connectivity index (χ0) is 25.1. The molecule has 0 spiro atoms. The fourth-order valence-corrected chi connectivity index (χ4v) is 4.14. The van der Waals surface area contributed by atoms with E-state index in [9.17, 15) is 26.4 Å². The smallest absolute Gasteiger partial charge is 0.434 e. The largest absolute Gasteiger partial charge is 0.493 e. The van der Waals surface area contributed by atoms with Gasteiger partial charge in [0.1, 0.15) is 5.56 Å². The van der Waals surface area contributed by atoms with Crippen LogP contribution in [0.1, 0.15) is 23.0 Å². The number of halogens is 3. The number of anilines is 1. The van der Waals surface area contributed by atoms with Crippen molar-refractivity contribution in [2.24, 2.45) is 0 Å². The summed E-state index contributed by atoms with van der Waals surface area (Å²) >= 11 is 0. The Morgan fingerprint density at radius 3 is 2.41 bits per heavy atom. The molecule has 3 aromatic rings. The van der Waals surface area contributed by atoms with Gasteiger partial charge in [-0.15, -0.1) is 0 Å². The Hall–Kier alpha value is -3.74. The third-order valence-corrected chi connectivity index (χ3v) is 5.92. The SMILES string of the molecule is CCOC(=O)c1cnn(-c2cccc(NS(=O)(=O)c3ccc(OC)c(OC)c3)c2)c1C(F)(F)F. The highest BCUT2D eigenvalue weighted by atomic mass is 32.2. The molecule has 1 aromatic heterocycles. The van der Waals surface area contributed by atoms with E-state index in [1.54, 1.807) is 0 Å². The molecule has 0 aliphatic heterocycles. The molecule has 0 aliphatic rings. The van der Waals surface area contributed by atoms with Gasteiger partial charge in [-0.2, -0.15) is 18.3 Å². The second-order valence-electron chi connectivity index (χ2n) is 6.71. The van der Waals surface area contributed by atoms with Crippen molar-refractivity contribution in [1.82, 2.24) is 9.78 Å². The fraction of sp³-hybridized carbons (Fsp3) is 0.238. The summed E-state index contributed by atoms with van der Waals surface area (Å²) in [6.07, 6.45) is -4.19. The number of ether oxygens (including phenoxy) is 3. The maximum Gasteiger partial charge on any atom is 0.434 e. The van der Waals surface area contributed by atoms with Crippen molar-refractivity contribution >= 4 is 21.7 Å². The Morgan fingerprint density at radius 1 is 1.09 bits per heavy atom. The van der Waals surface area contributed by atoms with Crippen LogP contribution in [-0.4, -0.2) is 45.0 Å². The molecule has 182 valence electrons. The minimum atomic E-state index is -4.94. The summed E-state index contributed by atoms with van der Waals surface area (Å²) in [6, 6.07) is 9.06. The first-order valence-electron chi connectivity index (χ1n) is 9.69. The van der Waals surface area contributed by atoms with Crippen LogP contribution in [0, 0.1) is 0 Å². The molecule has 34 heavy (non-hydrogen) atoms. The summed E-state index contributed by atoms with van der Waals surface area (Å²) in [5.41, 5.74) is -2.26. The van der Waals surface area contributed by atoms with E-state index in [0.717, 1.165) is 12.3 Å². The predicted molar refractivity (Wildman–Crippen MR) is 115 cm³/mol. The molecule has 0 fully saturated rings. The van der Waals surface area contributed by atoms with E-state index in [-0.39, 0.29) is 28.6 Å². The van der Waals surface area contributed by atoms with Gasteiger partial charge in [-0.1, -0.05) is 6.07 Å². The number of carbonyl (C=O) groups excluding carboxylic acids is 1. The van der Waals surface area contributed by atoms with Gasteiger partial charge in [0.25, 0.3) is 10.0 Å². The second kappa shape index (κ2) is 9.63. The Morgan fingerprint density at radius 2 is 1.79 bits per heavy atom. The van der Waals surface area contributed by atoms with Crippen molar-refractivity contribution in [1.29, 1.82) is 0 Å². The van der Waals surface area contributed by atoms with Crippen molar-refractivity contribution in [3.8, 4) is 17.2 Å². The van der Waals surface area contributed by atoms with Crippen LogP contribution >= 0.6 is 0 Å². The van der Waals surface area contributed by atoms with Gasteiger partial charge < -0.3 is 14.2 Å². The molecule has 0 unspecified atom stereocenters. The summed E-state index contributed by atoms with van der Waals surface area (Å²) in [4.78, 5) is 11.8. The van der Waals surface area contributed by atoms with E-state index in [4.69, 9.17) is 9.47 Å². The summed E-state index contributed by atoms with van der Waals surface area (Å²) < 4.78 is 84.6. The van der Waals surface area contributed by atoms with E-state index in [0.29, 0.717) is 10.4 Å². The van der Waals surface area contributed by atoms with Gasteiger partial charge in [0.2, 0.25) is 0 Å². The first kappa shape index (κ1) is 24.9. The van der Waals surface area contributed by atoms with Crippen LogP contribution in [0.15, 0.2) is 53.6 Å². The average molecular weight is 499 g/mol. The summed E-state index contributed by atoms with van der Waals surface area (Å²) in [6.45, 7) is 1.35. The van der Waals surface area contributed by atoms with E-state index >= 15 is 0 Å². The van der Waals surface area contributed by atoms with Gasteiger partial charge in [-0.25, -0.2) is 17.9 Å². The van der Waals surface area contributed by atoms with Crippen LogP contribution in [0.3, 0.4) is 0 Å². The summed E-state index contributed by atoms with van der Waals surface area (Å²) in [7, 11) is -1.39. The Balaban J connectivity index is 2.00. The van der Waals surface area contributed by atoms with E-state index in [1.165, 1.54) is 57.5 Å². The van der Waals surface area contributed by atoms with Crippen molar-refractivity contribution in [3.63, 3.8) is 0 Å². The average Bonchev–Trinajstić information content (AvgIpc) is 3.25. The number of esters is 1. The zero-order valence-electron chi connectivity index (χ0n) is 18.2. The number of carbonyl (C=O) groups is 1. The number of benzene rings is 2. The topological polar surface area (TPSA) is 109 Å². The predicted octanol–water partition coefficient (Wildman–Crippen LogP) is 3.89. The molecule has 0 saturated heterocycles. The van der Waals surface area contributed by atoms with Crippen LogP contribution in [0.5, 0.6) is 11.5 Å². The van der Waals surface area contributed by atoms with E-state index in [2.05, 4.69) is 14.6 Å². The quantitative estimate of drug-likeness (QED) is 0.469. The third kappa shape index (κ3) is 5.09. The molecule has 0 radical (unpaired) electrons. The molecule has 0 aliphatic carbocycles. The Bertz CT molecular complexity index is 1310. The van der Waals surface area contributed by atoms with Crippen LogP contribution in [0.25, 0.3) is 5.69 Å². The maximum atomic E-state index is 13.8. The number of methoxy groups -OCH3 is 2. The monoisotopic (exact) mass is 499 g/mol. The van der Waals surface area contributed by atoms with Crippen LogP contribution in [0.2, 0.25) is 0 Å². The molecule has 2 aromatic carbocycles. The lowest BCUT2D eigenvalue weighted by atomic mass is 10.2. The Kier molecular flexibility index (Phi) is 7.05. The molecule has 1 N–H and O–H groups in total. The molecule has 0 atom stereocenters. The molecule has 0 amide bonds. The normalized spacial score (nSPS) is 11.7. The standard InChI is InChI=1S/C21H20F3N3O6S/c1-4-33-20(28)16-12-25-27(19(16)21(22,23)24)14-7-5-6-13(10-14)26-34(29,30)15-8-9-17(31-2)18(11-15)32-3/h5-12,26H,4H2,1-3H3. The highest BCUT2D eigenvalue weighted by molar-refractivity contribution is 7.92. The Labute approximate surface area is 193 Å². The molecular weight excluding hydrogens is 479 g/mol. The van der Waals surface area contributed by atoms with Crippen molar-refractivity contribution < 1.29 is 40.6 Å². The molecule has 3 rings (SSSR count). The van der Waals surface area contributed by atoms with Gasteiger partial charge in [-0.3, -0.25) is 4.72 Å². The number of aromatic nitrogens is 2. The van der Waals surface area contributed by atoms with Crippen LogP contribution in [0.4, 0.5) is 18.9 Å². The van der Waals surface area contributed by atoms with Crippen molar-refractivity contribution in [2.45, 2.75) is 18.0 Å². The number of nitrogens with one attached hydrogen (secondary N) is 1. The lowest BCUT2D eigenvalue weighted by Gasteiger charge is -2.14. The van der Waals surface area contributed by atoms with Crippen molar-refractivity contribution in [2.75, 3.05) is 25.5 Å². The van der Waals surface area contributed by atoms with Crippen LogP contribution < -0.4 is 14.2 Å². The molecule has 0 saturated carbocycles. The first-order valence-corrected chi connectivity index (χ1v) is 11.2. The number of hydrogen-bond acceptors (Lipinski definition) is 7. The lowest BCUT2D eigenvalue weighted by Crippen LogP contribution is -2.19. The molecule has 0 bridgehead atoms. The molecule has 13 heteroatoms. The molecule has 1 heterocycles. The highest BCUT2D eigenvalue weighted by Gasteiger charge is 2.41. The number of hydrogen-bond donors (Lipinski definition) is 1. The second-order valence-corrected chi connectivity index (χ2v) is 8.39. The highest BCUT2D eigenvalue weighted by Crippen LogP contribution is 2.35. The summed E-state index contributed by atoms with van der Waals surface area (Å²) in [5.74, 6) is -0.678. The van der Waals surface area contributed by atoms with Gasteiger partial charge in [0.15, 0.2) is 17.2 Å². The summed E-state index contributed by atoms with van der Waals surface area (Å²) in [5, 5.41) is 3.68. The van der Waals surface area contributed by atoms with Crippen molar-refractivity contribution in [3.05, 3.63) is 59.9 Å². The minimum Gasteiger partial charge on any atom is -0.493 e. The number of rotatable bonds is 8. The van der Waals surface area contributed by atoms with E-state index in [1.807, 2.05) is 0 Å². The third-order valence-electron chi connectivity index (χ3n) is 4.54. The van der Waals surface area contributed by atoms with Gasteiger partial charge in [0.05, 0.1) is 43.3 Å². The fourth-order valence-electron chi connectivity index (χ4n) is 3.07. The number of nitrogens with zero attached hydrogens (tertiary/aromatic N) is 2. The van der Waals surface area contributed by atoms with Crippen LogP contribution in [-0.2, 0) is 20.9 Å². The molecule has 9 nitrogen and oxygen atoms in total. The zero-order valence-corrected chi connectivity index (χ0v) is 19.0. The number of sulfonamides is 1. The van der Waals surface area contributed by atoms with Gasteiger partial charge in [-0.05, 0) is 37.3 Å². The van der Waals surface area contributed by atoms with Gasteiger partial charge in [0, 0.05) is 6.07 Å².